The summed E-state index contributed by atoms with van der Waals surface area (Å²) in [5.41, 5.74) is 0. The second-order valence-corrected chi connectivity index (χ2v) is 9.81. The van der Waals surface area contributed by atoms with Crippen LogP contribution < -0.4 is 0 Å². The molecule has 1 aliphatic carbocycles. The molecular weight excluding hydrogens is 224 g/mol. The van der Waals surface area contributed by atoms with Gasteiger partial charge in [0.15, 0.2) is 0 Å². The molecule has 2 fully saturated rings. The third kappa shape index (κ3) is 3.82. The molecule has 0 amide bonds. The van der Waals surface area contributed by atoms with Gasteiger partial charge in [-0.15, -0.1) is 0 Å². The van der Waals surface area contributed by atoms with Crippen molar-refractivity contribution in [2.24, 2.45) is 11.8 Å². The van der Waals surface area contributed by atoms with Gasteiger partial charge in [-0.25, -0.2) is 0 Å². The molecule has 0 atom stereocenters. The van der Waals surface area contributed by atoms with Crippen molar-refractivity contribution < 1.29 is 4.74 Å². The van der Waals surface area contributed by atoms with Gasteiger partial charge in [0.2, 0.25) is 0 Å². The summed E-state index contributed by atoms with van der Waals surface area (Å²) in [5.74, 6) is 2.14. The maximum atomic E-state index is 5.48. The van der Waals surface area contributed by atoms with Crippen LogP contribution in [0.15, 0.2) is 0 Å². The van der Waals surface area contributed by atoms with Crippen molar-refractivity contribution in [3.63, 3.8) is 0 Å². The highest BCUT2D eigenvalue weighted by Gasteiger charge is 2.30. The fourth-order valence-corrected chi connectivity index (χ4v) is 7.63. The van der Waals surface area contributed by atoms with Gasteiger partial charge in [0.25, 0.3) is 0 Å². The van der Waals surface area contributed by atoms with Crippen LogP contribution in [0.3, 0.4) is 0 Å². The number of rotatable bonds is 4. The molecule has 2 heteroatoms. The number of ether oxygens (including phenoxy) is 1. The van der Waals surface area contributed by atoms with Crippen molar-refractivity contribution in [1.29, 1.82) is 0 Å². The predicted molar refractivity (Wildman–Crippen MR) is 77.3 cm³/mol. The van der Waals surface area contributed by atoms with Gasteiger partial charge in [0.05, 0.1) is 6.10 Å². The van der Waals surface area contributed by atoms with Gasteiger partial charge in [0.1, 0.15) is 0 Å². The first-order valence-corrected chi connectivity index (χ1v) is 10.3. The first-order chi connectivity index (χ1) is 8.33. The summed E-state index contributed by atoms with van der Waals surface area (Å²) < 4.78 is 5.48. The first kappa shape index (κ1) is 13.6. The SMILES string of the molecule is CCC[SiH]1CCC(C2CCC(OC)CC2)CC1. The second kappa shape index (κ2) is 6.94. The minimum atomic E-state index is -0.262. The maximum absolute atomic E-state index is 5.48. The van der Waals surface area contributed by atoms with Gasteiger partial charge in [-0.05, 0) is 37.5 Å². The van der Waals surface area contributed by atoms with E-state index in [1.807, 2.05) is 7.11 Å². The lowest BCUT2D eigenvalue weighted by Gasteiger charge is -2.37. The van der Waals surface area contributed by atoms with Crippen molar-refractivity contribution in [1.82, 2.24) is 0 Å². The zero-order valence-corrected chi connectivity index (χ0v) is 12.9. The summed E-state index contributed by atoms with van der Waals surface area (Å²) in [7, 11) is 1.62. The molecule has 17 heavy (non-hydrogen) atoms. The molecule has 2 aliphatic rings. The van der Waals surface area contributed by atoms with Gasteiger partial charge in [0, 0.05) is 15.9 Å². The van der Waals surface area contributed by atoms with E-state index in [1.54, 1.807) is 31.0 Å². The number of methoxy groups -OCH3 is 1. The molecular formula is C15H30OSi. The van der Waals surface area contributed by atoms with E-state index in [0.29, 0.717) is 6.10 Å². The van der Waals surface area contributed by atoms with Crippen LogP contribution in [0.1, 0.15) is 51.9 Å². The Balaban J connectivity index is 1.70. The molecule has 1 saturated heterocycles. The molecule has 0 aromatic heterocycles. The third-order valence-electron chi connectivity index (χ3n) is 5.31. The monoisotopic (exact) mass is 254 g/mol. The van der Waals surface area contributed by atoms with Gasteiger partial charge in [-0.1, -0.05) is 44.3 Å². The van der Waals surface area contributed by atoms with E-state index in [1.165, 1.54) is 32.1 Å². The van der Waals surface area contributed by atoms with E-state index >= 15 is 0 Å². The summed E-state index contributed by atoms with van der Waals surface area (Å²) >= 11 is 0. The van der Waals surface area contributed by atoms with E-state index in [4.69, 9.17) is 4.74 Å². The van der Waals surface area contributed by atoms with Gasteiger partial charge >= 0.3 is 0 Å². The highest BCUT2D eigenvalue weighted by Crippen LogP contribution is 2.39. The highest BCUT2D eigenvalue weighted by molar-refractivity contribution is 6.58. The molecule has 2 rings (SSSR count). The Morgan fingerprint density at radius 1 is 0.941 bits per heavy atom. The van der Waals surface area contributed by atoms with Crippen LogP contribution in [0.2, 0.25) is 18.1 Å². The van der Waals surface area contributed by atoms with Crippen LogP contribution >= 0.6 is 0 Å². The molecule has 0 unspecified atom stereocenters. The quantitative estimate of drug-likeness (QED) is 0.682. The van der Waals surface area contributed by atoms with E-state index in [9.17, 15) is 0 Å². The lowest BCUT2D eigenvalue weighted by atomic mass is 9.76. The van der Waals surface area contributed by atoms with Crippen LogP contribution in [0.25, 0.3) is 0 Å². The first-order valence-electron chi connectivity index (χ1n) is 7.86. The topological polar surface area (TPSA) is 9.23 Å². The highest BCUT2D eigenvalue weighted by atomic mass is 28.3. The van der Waals surface area contributed by atoms with E-state index < -0.39 is 0 Å². The minimum absolute atomic E-state index is 0.262. The molecule has 1 nitrogen and oxygen atoms in total. The second-order valence-electron chi connectivity index (χ2n) is 6.34. The largest absolute Gasteiger partial charge is 0.381 e. The Bertz CT molecular complexity index is 203. The summed E-state index contributed by atoms with van der Waals surface area (Å²) in [4.78, 5) is 0. The normalized spacial score (nSPS) is 39.2. The van der Waals surface area contributed by atoms with Crippen molar-refractivity contribution in [2.45, 2.75) is 76.1 Å². The molecule has 0 bridgehead atoms. The predicted octanol–water partition coefficient (Wildman–Crippen LogP) is 4.24. The van der Waals surface area contributed by atoms with Crippen molar-refractivity contribution in [3.05, 3.63) is 0 Å². The van der Waals surface area contributed by atoms with Gasteiger partial charge < -0.3 is 4.74 Å². The number of hydrogen-bond donors (Lipinski definition) is 0. The van der Waals surface area contributed by atoms with Crippen molar-refractivity contribution >= 4 is 8.80 Å². The molecule has 0 aromatic carbocycles. The Morgan fingerprint density at radius 2 is 1.53 bits per heavy atom. The Labute approximate surface area is 109 Å². The zero-order chi connectivity index (χ0) is 12.1. The molecule has 100 valence electrons. The minimum Gasteiger partial charge on any atom is -0.381 e. The van der Waals surface area contributed by atoms with Crippen LogP contribution in [0.5, 0.6) is 0 Å². The van der Waals surface area contributed by atoms with E-state index in [0.717, 1.165) is 11.8 Å². The Kier molecular flexibility index (Phi) is 5.55. The molecule has 1 heterocycles. The molecule has 0 radical (unpaired) electrons. The maximum Gasteiger partial charge on any atom is 0.0571 e. The van der Waals surface area contributed by atoms with Crippen LogP contribution in [0, 0.1) is 11.8 Å². The zero-order valence-electron chi connectivity index (χ0n) is 11.8. The van der Waals surface area contributed by atoms with Crippen LogP contribution in [-0.2, 0) is 4.74 Å². The lowest BCUT2D eigenvalue weighted by molar-refractivity contribution is 0.0449. The van der Waals surface area contributed by atoms with Crippen molar-refractivity contribution in [2.75, 3.05) is 7.11 Å². The Morgan fingerprint density at radius 3 is 2.06 bits per heavy atom. The molecule has 0 N–H and O–H groups in total. The van der Waals surface area contributed by atoms with Gasteiger partial charge in [-0.3, -0.25) is 0 Å². The fraction of sp³-hybridized carbons (Fsp3) is 1.00. The van der Waals surface area contributed by atoms with E-state index in [2.05, 4.69) is 6.92 Å². The molecule has 0 aromatic rings. The summed E-state index contributed by atoms with van der Waals surface area (Å²) in [6, 6.07) is 4.93. The summed E-state index contributed by atoms with van der Waals surface area (Å²) in [6.07, 6.45) is 10.7. The fourth-order valence-electron chi connectivity index (χ4n) is 4.15. The lowest BCUT2D eigenvalue weighted by Crippen LogP contribution is -2.30. The van der Waals surface area contributed by atoms with Crippen LogP contribution in [-0.4, -0.2) is 22.0 Å². The van der Waals surface area contributed by atoms with E-state index in [-0.39, 0.29) is 8.80 Å². The van der Waals surface area contributed by atoms with Gasteiger partial charge in [-0.2, -0.15) is 0 Å². The molecule has 1 aliphatic heterocycles. The molecule has 1 saturated carbocycles. The smallest absolute Gasteiger partial charge is 0.0571 e. The summed E-state index contributed by atoms with van der Waals surface area (Å²) in [5, 5.41) is 0. The third-order valence-corrected chi connectivity index (χ3v) is 9.00. The number of hydrogen-bond acceptors (Lipinski definition) is 1. The standard InChI is InChI=1S/C15H30OSi/c1-3-10-17-11-8-14(9-12-17)13-4-6-15(16-2)7-5-13/h13-15,17H,3-12H2,1-2H3. The Hall–Kier alpha value is 0.177. The average Bonchev–Trinajstić information content (AvgIpc) is 2.40. The molecule has 0 spiro atoms. The van der Waals surface area contributed by atoms with Crippen molar-refractivity contribution in [3.8, 4) is 0 Å². The average molecular weight is 254 g/mol. The van der Waals surface area contributed by atoms with Crippen LogP contribution in [0.4, 0.5) is 0 Å². The summed E-state index contributed by atoms with van der Waals surface area (Å²) in [6.45, 7) is 2.37.